The van der Waals surface area contributed by atoms with Gasteiger partial charge in [0.05, 0.1) is 12.7 Å². The van der Waals surface area contributed by atoms with Crippen molar-refractivity contribution in [2.24, 2.45) is 34.0 Å². The Morgan fingerprint density at radius 1 is 1.04 bits per heavy atom. The molecular formula is C22H40O2. The highest BCUT2D eigenvalue weighted by Crippen LogP contribution is 2.68. The van der Waals surface area contributed by atoms with E-state index in [1.54, 1.807) is 0 Å². The largest absolute Gasteiger partial charge is 0.381 e. The summed E-state index contributed by atoms with van der Waals surface area (Å²) in [7, 11) is 0. The lowest BCUT2D eigenvalue weighted by Crippen LogP contribution is -2.39. The Bertz CT molecular complexity index is 441. The zero-order valence-electron chi connectivity index (χ0n) is 17.0. The molecule has 2 nitrogen and oxygen atoms in total. The van der Waals surface area contributed by atoms with E-state index in [4.69, 9.17) is 9.47 Å². The highest BCUT2D eigenvalue weighted by atomic mass is 16.5. The van der Waals surface area contributed by atoms with Crippen molar-refractivity contribution in [1.29, 1.82) is 0 Å². The zero-order chi connectivity index (χ0) is 17.6. The lowest BCUT2D eigenvalue weighted by atomic mass is 9.69. The van der Waals surface area contributed by atoms with E-state index in [1.807, 2.05) is 0 Å². The van der Waals surface area contributed by atoms with Gasteiger partial charge in [0.1, 0.15) is 0 Å². The Morgan fingerprint density at radius 3 is 2.46 bits per heavy atom. The molecule has 3 fully saturated rings. The monoisotopic (exact) mass is 336 g/mol. The van der Waals surface area contributed by atoms with Gasteiger partial charge in [0, 0.05) is 13.2 Å². The van der Waals surface area contributed by atoms with Gasteiger partial charge in [0.25, 0.3) is 0 Å². The minimum atomic E-state index is 0.393. The maximum Gasteiger partial charge on any atom is 0.0583 e. The van der Waals surface area contributed by atoms with Crippen molar-refractivity contribution in [3.8, 4) is 0 Å². The SMILES string of the molecule is CCOCC1C[C@]2(COC3CC(C)CC(C)(C)C3)CCC1C2(C)C. The van der Waals surface area contributed by atoms with E-state index in [0.29, 0.717) is 22.3 Å². The van der Waals surface area contributed by atoms with Gasteiger partial charge in [-0.2, -0.15) is 0 Å². The molecule has 0 amide bonds. The molecule has 0 aromatic rings. The summed E-state index contributed by atoms with van der Waals surface area (Å²) in [5.74, 6) is 2.38. The van der Waals surface area contributed by atoms with Gasteiger partial charge in [0.15, 0.2) is 0 Å². The predicted octanol–water partition coefficient (Wildman–Crippen LogP) is 5.70. The first-order chi connectivity index (χ1) is 11.2. The zero-order valence-corrected chi connectivity index (χ0v) is 17.0. The number of hydrogen-bond acceptors (Lipinski definition) is 2. The summed E-state index contributed by atoms with van der Waals surface area (Å²) in [5, 5.41) is 0. The van der Waals surface area contributed by atoms with Crippen LogP contribution in [0, 0.1) is 34.0 Å². The first-order valence-electron chi connectivity index (χ1n) is 10.4. The molecule has 0 heterocycles. The highest BCUT2D eigenvalue weighted by molar-refractivity contribution is 5.11. The summed E-state index contributed by atoms with van der Waals surface area (Å²) in [5.41, 5.74) is 1.25. The second-order valence-corrected chi connectivity index (χ2v) is 10.6. The van der Waals surface area contributed by atoms with Crippen LogP contribution in [0.15, 0.2) is 0 Å². The summed E-state index contributed by atoms with van der Waals surface area (Å²) < 4.78 is 12.4. The third kappa shape index (κ3) is 3.30. The van der Waals surface area contributed by atoms with Gasteiger partial charge in [-0.25, -0.2) is 0 Å². The van der Waals surface area contributed by atoms with Gasteiger partial charge in [0.2, 0.25) is 0 Å². The fraction of sp³-hybridized carbons (Fsp3) is 1.00. The molecule has 2 heteroatoms. The Morgan fingerprint density at radius 2 is 1.79 bits per heavy atom. The third-order valence-electron chi connectivity index (χ3n) is 7.93. The highest BCUT2D eigenvalue weighted by Gasteiger charge is 2.62. The number of fused-ring (bicyclic) bond motifs is 2. The van der Waals surface area contributed by atoms with Crippen molar-refractivity contribution in [3.63, 3.8) is 0 Å². The number of ether oxygens (including phenoxy) is 2. The average Bonchev–Trinajstić information content (AvgIpc) is 2.84. The second kappa shape index (κ2) is 6.58. The third-order valence-corrected chi connectivity index (χ3v) is 7.93. The van der Waals surface area contributed by atoms with Crippen LogP contribution in [0.2, 0.25) is 0 Å². The van der Waals surface area contributed by atoms with Gasteiger partial charge in [-0.3, -0.25) is 0 Å². The molecule has 0 aliphatic heterocycles. The van der Waals surface area contributed by atoms with Gasteiger partial charge in [-0.1, -0.05) is 34.6 Å². The van der Waals surface area contributed by atoms with E-state index in [2.05, 4.69) is 41.5 Å². The Kier molecular flexibility index (Phi) is 5.13. The van der Waals surface area contributed by atoms with Crippen molar-refractivity contribution in [2.75, 3.05) is 19.8 Å². The molecule has 3 saturated carbocycles. The van der Waals surface area contributed by atoms with E-state index < -0.39 is 0 Å². The molecule has 140 valence electrons. The molecule has 4 unspecified atom stereocenters. The van der Waals surface area contributed by atoms with Crippen LogP contribution in [-0.2, 0) is 9.47 Å². The van der Waals surface area contributed by atoms with E-state index in [1.165, 1.54) is 38.5 Å². The first-order valence-corrected chi connectivity index (χ1v) is 10.4. The van der Waals surface area contributed by atoms with Gasteiger partial charge in [-0.05, 0) is 79.4 Å². The van der Waals surface area contributed by atoms with Gasteiger partial charge < -0.3 is 9.47 Å². The van der Waals surface area contributed by atoms with Crippen LogP contribution in [0.5, 0.6) is 0 Å². The topological polar surface area (TPSA) is 18.5 Å². The molecule has 2 bridgehead atoms. The van der Waals surface area contributed by atoms with Crippen LogP contribution < -0.4 is 0 Å². The molecule has 0 aromatic carbocycles. The number of rotatable bonds is 6. The minimum Gasteiger partial charge on any atom is -0.381 e. The smallest absolute Gasteiger partial charge is 0.0583 e. The molecular weight excluding hydrogens is 296 g/mol. The summed E-state index contributed by atoms with van der Waals surface area (Å²) in [6.45, 7) is 17.2. The van der Waals surface area contributed by atoms with Crippen molar-refractivity contribution in [3.05, 3.63) is 0 Å². The second-order valence-electron chi connectivity index (χ2n) is 10.6. The molecule has 3 rings (SSSR count). The van der Waals surface area contributed by atoms with Crippen LogP contribution in [0.25, 0.3) is 0 Å². The molecule has 3 aliphatic carbocycles. The summed E-state index contributed by atoms with van der Waals surface area (Å²) >= 11 is 0. The van der Waals surface area contributed by atoms with E-state index in [0.717, 1.165) is 37.6 Å². The lowest BCUT2D eigenvalue weighted by molar-refractivity contribution is -0.0791. The van der Waals surface area contributed by atoms with Crippen LogP contribution in [0.3, 0.4) is 0 Å². The molecule has 0 aromatic heterocycles. The van der Waals surface area contributed by atoms with Crippen LogP contribution in [0.4, 0.5) is 0 Å². The fourth-order valence-electron chi connectivity index (χ4n) is 6.77. The predicted molar refractivity (Wildman–Crippen MR) is 100 cm³/mol. The molecule has 0 spiro atoms. The Hall–Kier alpha value is -0.0800. The Balaban J connectivity index is 1.63. The molecule has 24 heavy (non-hydrogen) atoms. The normalized spacial score (nSPS) is 43.2. The van der Waals surface area contributed by atoms with Crippen molar-refractivity contribution < 1.29 is 9.47 Å². The van der Waals surface area contributed by atoms with Crippen molar-refractivity contribution >= 4 is 0 Å². The van der Waals surface area contributed by atoms with Crippen LogP contribution in [0.1, 0.15) is 80.1 Å². The van der Waals surface area contributed by atoms with E-state index in [9.17, 15) is 0 Å². The van der Waals surface area contributed by atoms with E-state index in [-0.39, 0.29) is 0 Å². The van der Waals surface area contributed by atoms with Gasteiger partial charge in [-0.15, -0.1) is 0 Å². The molecule has 5 atom stereocenters. The van der Waals surface area contributed by atoms with Crippen molar-refractivity contribution in [2.45, 2.75) is 86.2 Å². The van der Waals surface area contributed by atoms with Crippen molar-refractivity contribution in [1.82, 2.24) is 0 Å². The summed E-state index contributed by atoms with van der Waals surface area (Å²) in [6, 6.07) is 0. The molecule has 3 aliphatic rings. The summed E-state index contributed by atoms with van der Waals surface area (Å²) in [6.07, 6.45) is 8.36. The molecule has 0 saturated heterocycles. The fourth-order valence-corrected chi connectivity index (χ4v) is 6.77. The Labute approximate surface area is 150 Å². The lowest BCUT2D eigenvalue weighted by Gasteiger charge is -2.42. The maximum atomic E-state index is 6.64. The standard InChI is InChI=1S/C22H40O2/c1-7-23-14-17-12-22(9-8-19(17)21(22,5)6)15-24-18-10-16(2)11-20(3,4)13-18/h16-19H,7-15H2,1-6H3/t16?,17?,18?,19?,22-/m0/s1. The number of hydrogen-bond donors (Lipinski definition) is 0. The molecule has 0 N–H and O–H groups in total. The minimum absolute atomic E-state index is 0.393. The van der Waals surface area contributed by atoms with Crippen LogP contribution >= 0.6 is 0 Å². The van der Waals surface area contributed by atoms with Crippen LogP contribution in [-0.4, -0.2) is 25.9 Å². The average molecular weight is 337 g/mol. The van der Waals surface area contributed by atoms with Gasteiger partial charge >= 0.3 is 0 Å². The van der Waals surface area contributed by atoms with E-state index >= 15 is 0 Å². The first kappa shape index (κ1) is 18.7. The summed E-state index contributed by atoms with van der Waals surface area (Å²) in [4.78, 5) is 0. The maximum absolute atomic E-state index is 6.64. The quantitative estimate of drug-likeness (QED) is 0.619. The molecule has 0 radical (unpaired) electrons.